The molecule has 7 rings (SSSR count). The van der Waals surface area contributed by atoms with E-state index in [9.17, 15) is 9.59 Å². The van der Waals surface area contributed by atoms with E-state index in [1.807, 2.05) is 12.1 Å². The minimum absolute atomic E-state index is 0.230. The molecule has 3 aromatic heterocycles. The molecule has 3 aliphatic rings. The summed E-state index contributed by atoms with van der Waals surface area (Å²) in [5.41, 5.74) is 1.85. The molecule has 3 fully saturated rings. The highest BCUT2D eigenvalue weighted by molar-refractivity contribution is 7.24. The van der Waals surface area contributed by atoms with Crippen LogP contribution in [0.2, 0.25) is 0 Å². The predicted molar refractivity (Wildman–Crippen MR) is 154 cm³/mol. The van der Waals surface area contributed by atoms with Gasteiger partial charge >= 0.3 is 0 Å². The number of piperidine rings is 1. The van der Waals surface area contributed by atoms with Crippen molar-refractivity contribution >= 4 is 49.0 Å². The SMILES string of the molecule is CN1CCC(CNC(=O)c2c(=O)c3cnc(N4CC5CN(C)CC5C4)cc3n3c2sc2ccccc23)CC1. The van der Waals surface area contributed by atoms with Crippen LogP contribution in [-0.4, -0.2) is 85.0 Å². The standard InChI is InChI=1S/C29H34N6O2S/c1-32-9-7-18(8-10-32)12-31-28(37)26-27(36)21-13-30-25(34-16-19-14-33(2)15-20(19)17-34)11-23(21)35-22-5-3-4-6-24(22)38-29(26)35/h3-6,11,13,18-20H,7-10,12,14-17H2,1-2H3,(H,31,37). The van der Waals surface area contributed by atoms with E-state index in [-0.39, 0.29) is 16.9 Å². The lowest BCUT2D eigenvalue weighted by molar-refractivity contribution is 0.0939. The number of rotatable bonds is 4. The van der Waals surface area contributed by atoms with Gasteiger partial charge in [-0.2, -0.15) is 0 Å². The molecule has 3 saturated heterocycles. The minimum atomic E-state index is -0.277. The monoisotopic (exact) mass is 530 g/mol. The highest BCUT2D eigenvalue weighted by Crippen LogP contribution is 2.35. The number of benzene rings is 1. The van der Waals surface area contributed by atoms with Crippen LogP contribution in [0.25, 0.3) is 25.9 Å². The number of anilines is 1. The van der Waals surface area contributed by atoms with E-state index in [2.05, 4.69) is 56.7 Å². The molecule has 1 aromatic carbocycles. The topological polar surface area (TPSA) is 73.2 Å². The molecule has 198 valence electrons. The lowest BCUT2D eigenvalue weighted by Crippen LogP contribution is -2.38. The van der Waals surface area contributed by atoms with Crippen molar-refractivity contribution in [3.63, 3.8) is 0 Å². The first kappa shape index (κ1) is 24.1. The quantitative estimate of drug-likeness (QED) is 0.437. The maximum Gasteiger partial charge on any atom is 0.258 e. The van der Waals surface area contributed by atoms with Crippen molar-refractivity contribution in [2.45, 2.75) is 12.8 Å². The summed E-state index contributed by atoms with van der Waals surface area (Å²) < 4.78 is 3.16. The third-order valence-electron chi connectivity index (χ3n) is 8.92. The zero-order valence-electron chi connectivity index (χ0n) is 22.0. The Kier molecular flexibility index (Phi) is 5.90. The van der Waals surface area contributed by atoms with E-state index < -0.39 is 0 Å². The first-order valence-electron chi connectivity index (χ1n) is 13.7. The average molecular weight is 531 g/mol. The second-order valence-electron chi connectivity index (χ2n) is 11.6. The molecule has 0 saturated carbocycles. The number of nitrogens with zero attached hydrogens (tertiary/aromatic N) is 5. The molecule has 8 nitrogen and oxygen atoms in total. The number of hydrogen-bond acceptors (Lipinski definition) is 7. The summed E-state index contributed by atoms with van der Waals surface area (Å²) in [5, 5.41) is 3.61. The number of pyridine rings is 2. The number of carbonyl (C=O) groups excluding carboxylic acids is 1. The van der Waals surface area contributed by atoms with Gasteiger partial charge in [0.05, 0.1) is 21.1 Å². The number of amides is 1. The predicted octanol–water partition coefficient (Wildman–Crippen LogP) is 3.13. The fourth-order valence-corrected chi connectivity index (χ4v) is 7.99. The number of fused-ring (bicyclic) bond motifs is 6. The first-order chi connectivity index (χ1) is 18.5. The maximum absolute atomic E-state index is 13.8. The fraction of sp³-hybridized carbons (Fsp3) is 0.483. The summed E-state index contributed by atoms with van der Waals surface area (Å²) in [6.07, 6.45) is 3.82. The number of likely N-dealkylation sites (tertiary alicyclic amines) is 2. The van der Waals surface area contributed by atoms with Crippen LogP contribution in [0.1, 0.15) is 23.2 Å². The average Bonchev–Trinajstić information content (AvgIpc) is 3.59. The van der Waals surface area contributed by atoms with Gasteiger partial charge in [-0.3, -0.25) is 14.0 Å². The third kappa shape index (κ3) is 3.99. The van der Waals surface area contributed by atoms with Crippen LogP contribution in [-0.2, 0) is 0 Å². The van der Waals surface area contributed by atoms with Crippen LogP contribution in [0.15, 0.2) is 41.3 Å². The van der Waals surface area contributed by atoms with Crippen LogP contribution in [0.5, 0.6) is 0 Å². The van der Waals surface area contributed by atoms with Gasteiger partial charge in [0.15, 0.2) is 0 Å². The summed E-state index contributed by atoms with van der Waals surface area (Å²) >= 11 is 1.52. The molecule has 0 aliphatic carbocycles. The van der Waals surface area contributed by atoms with Gasteiger partial charge < -0.3 is 20.0 Å². The van der Waals surface area contributed by atoms with Gasteiger partial charge in [-0.15, -0.1) is 11.3 Å². The molecule has 9 heteroatoms. The highest BCUT2D eigenvalue weighted by atomic mass is 32.1. The van der Waals surface area contributed by atoms with Crippen molar-refractivity contribution in [1.82, 2.24) is 24.5 Å². The Morgan fingerprint density at radius 2 is 1.76 bits per heavy atom. The van der Waals surface area contributed by atoms with Crippen LogP contribution in [0.4, 0.5) is 5.82 Å². The second-order valence-corrected chi connectivity index (χ2v) is 12.6. The van der Waals surface area contributed by atoms with Crippen LogP contribution < -0.4 is 15.6 Å². The molecule has 2 unspecified atom stereocenters. The van der Waals surface area contributed by atoms with Crippen molar-refractivity contribution in [1.29, 1.82) is 0 Å². The molecule has 2 atom stereocenters. The van der Waals surface area contributed by atoms with Crippen LogP contribution >= 0.6 is 11.3 Å². The first-order valence-corrected chi connectivity index (χ1v) is 14.5. The van der Waals surface area contributed by atoms with Crippen molar-refractivity contribution in [3.05, 3.63) is 52.3 Å². The van der Waals surface area contributed by atoms with Crippen LogP contribution in [0.3, 0.4) is 0 Å². The van der Waals surface area contributed by atoms with Gasteiger partial charge in [-0.1, -0.05) is 12.1 Å². The molecule has 3 aliphatic heterocycles. The number of hydrogen-bond donors (Lipinski definition) is 1. The largest absolute Gasteiger partial charge is 0.356 e. The maximum atomic E-state index is 13.8. The lowest BCUT2D eigenvalue weighted by Gasteiger charge is -2.28. The zero-order valence-corrected chi connectivity index (χ0v) is 22.8. The Bertz CT molecular complexity index is 1590. The van der Waals surface area contributed by atoms with E-state index in [1.54, 1.807) is 6.20 Å². The summed E-state index contributed by atoms with van der Waals surface area (Å²) in [7, 11) is 4.33. The highest BCUT2D eigenvalue weighted by Gasteiger charge is 2.39. The number of aromatic nitrogens is 2. The van der Waals surface area contributed by atoms with Crippen molar-refractivity contribution in [3.8, 4) is 0 Å². The van der Waals surface area contributed by atoms with Crippen molar-refractivity contribution in [2.75, 3.05) is 64.8 Å². The Morgan fingerprint density at radius 1 is 1.03 bits per heavy atom. The van der Waals surface area contributed by atoms with E-state index in [1.165, 1.54) is 11.3 Å². The summed E-state index contributed by atoms with van der Waals surface area (Å²) in [6, 6.07) is 10.2. The molecular formula is C29H34N6O2S. The van der Waals surface area contributed by atoms with Gasteiger partial charge in [0, 0.05) is 45.0 Å². The third-order valence-corrected chi connectivity index (χ3v) is 10.1. The normalized spacial score (nSPS) is 23.2. The van der Waals surface area contributed by atoms with Crippen molar-refractivity contribution in [2.24, 2.45) is 17.8 Å². The lowest BCUT2D eigenvalue weighted by atomic mass is 9.97. The number of nitrogens with one attached hydrogen (secondary N) is 1. The van der Waals surface area contributed by atoms with Gasteiger partial charge in [0.25, 0.3) is 5.91 Å². The molecular weight excluding hydrogens is 496 g/mol. The Morgan fingerprint density at radius 3 is 2.53 bits per heavy atom. The molecule has 4 aromatic rings. The van der Waals surface area contributed by atoms with Gasteiger partial charge in [0.2, 0.25) is 5.43 Å². The molecule has 1 amide bonds. The van der Waals surface area contributed by atoms with Gasteiger partial charge in [-0.25, -0.2) is 4.98 Å². The van der Waals surface area contributed by atoms with E-state index >= 15 is 0 Å². The summed E-state index contributed by atoms with van der Waals surface area (Å²) in [5.74, 6) is 2.41. The smallest absolute Gasteiger partial charge is 0.258 e. The Hall–Kier alpha value is -3.01. The van der Waals surface area contributed by atoms with Crippen LogP contribution in [0, 0.1) is 17.8 Å². The molecule has 38 heavy (non-hydrogen) atoms. The molecule has 6 heterocycles. The zero-order chi connectivity index (χ0) is 26.0. The Balaban J connectivity index is 1.30. The summed E-state index contributed by atoms with van der Waals surface area (Å²) in [6.45, 7) is 6.94. The second kappa shape index (κ2) is 9.32. The molecule has 0 bridgehead atoms. The van der Waals surface area contributed by atoms with E-state index in [0.29, 0.717) is 34.5 Å². The van der Waals surface area contributed by atoms with Gasteiger partial charge in [0.1, 0.15) is 16.2 Å². The molecule has 1 N–H and O–H groups in total. The van der Waals surface area contributed by atoms with Crippen molar-refractivity contribution < 1.29 is 4.79 Å². The number of para-hydroxylation sites is 1. The van der Waals surface area contributed by atoms with E-state index in [0.717, 1.165) is 73.7 Å². The van der Waals surface area contributed by atoms with Gasteiger partial charge in [-0.05, 0) is 69.9 Å². The molecule has 0 radical (unpaired) electrons. The minimum Gasteiger partial charge on any atom is -0.356 e. The molecule has 0 spiro atoms. The fourth-order valence-electron chi connectivity index (χ4n) is 6.79. The Labute approximate surface area is 225 Å². The van der Waals surface area contributed by atoms with E-state index in [4.69, 9.17) is 4.98 Å². The number of carbonyl (C=O) groups is 1. The number of thiazole rings is 1. The summed E-state index contributed by atoms with van der Waals surface area (Å²) in [4.78, 5) is 40.0.